The average Bonchev–Trinajstić information content (AvgIpc) is 2.67. The summed E-state index contributed by atoms with van der Waals surface area (Å²) in [5.74, 6) is -4.93. The lowest BCUT2D eigenvalue weighted by Crippen LogP contribution is -2.13. The molecule has 1 amide bonds. The van der Waals surface area contributed by atoms with Gasteiger partial charge in [-0.1, -0.05) is 23.8 Å². The Labute approximate surface area is 182 Å². The van der Waals surface area contributed by atoms with Crippen molar-refractivity contribution in [3.8, 4) is 0 Å². The lowest BCUT2D eigenvalue weighted by Gasteiger charge is -2.13. The highest BCUT2D eigenvalue weighted by Gasteiger charge is 2.15. The molecule has 0 spiro atoms. The molecule has 2 rings (SSSR count). The van der Waals surface area contributed by atoms with Crippen LogP contribution in [-0.2, 0) is 0 Å². The van der Waals surface area contributed by atoms with Crippen LogP contribution in [0.5, 0.6) is 0 Å². The lowest BCUT2D eigenvalue weighted by molar-refractivity contribution is 0.102. The van der Waals surface area contributed by atoms with Crippen LogP contribution < -0.4 is 5.32 Å². The van der Waals surface area contributed by atoms with Crippen molar-refractivity contribution in [1.82, 2.24) is 0 Å². The Morgan fingerprint density at radius 2 is 1.73 bits per heavy atom. The number of anilines is 1. The first-order valence-electron chi connectivity index (χ1n) is 8.82. The van der Waals surface area contributed by atoms with Crippen molar-refractivity contribution in [2.24, 2.45) is 0 Å². The van der Waals surface area contributed by atoms with Crippen LogP contribution in [0, 0.1) is 17.5 Å². The third kappa shape index (κ3) is 8.02. The SMILES string of the molecule is C=C(C)C(C)Sc1cc(C(=O)Nc2cc(F)c(F)c(F)c2)ccc1Cl.CC(O)CO. The minimum absolute atomic E-state index is 0.0936. The minimum Gasteiger partial charge on any atom is -0.394 e. The van der Waals surface area contributed by atoms with Crippen LogP contribution >= 0.6 is 23.4 Å². The molecule has 0 saturated carbocycles. The summed E-state index contributed by atoms with van der Waals surface area (Å²) in [6.45, 7) is 9.11. The van der Waals surface area contributed by atoms with Crippen molar-refractivity contribution in [2.45, 2.75) is 37.0 Å². The lowest BCUT2D eigenvalue weighted by atomic mass is 10.2. The molecule has 9 heteroatoms. The van der Waals surface area contributed by atoms with Gasteiger partial charge in [-0.05, 0) is 39.0 Å². The van der Waals surface area contributed by atoms with E-state index in [0.29, 0.717) is 22.1 Å². The number of carbonyl (C=O) groups excluding carboxylic acids is 1. The minimum atomic E-state index is -1.59. The Morgan fingerprint density at radius 1 is 1.20 bits per heavy atom. The molecule has 0 aliphatic heterocycles. The normalized spacial score (nSPS) is 12.4. The van der Waals surface area contributed by atoms with Crippen LogP contribution in [-0.4, -0.2) is 34.1 Å². The molecule has 2 aromatic carbocycles. The molecule has 0 aromatic heterocycles. The molecular formula is C21H23ClF3NO3S. The average molecular weight is 462 g/mol. The second-order valence-electron chi connectivity index (χ2n) is 6.49. The van der Waals surface area contributed by atoms with E-state index in [4.69, 9.17) is 21.8 Å². The summed E-state index contributed by atoms with van der Waals surface area (Å²) in [6, 6.07) is 6.06. The fourth-order valence-electron chi connectivity index (χ4n) is 1.86. The number of amides is 1. The second kappa shape index (κ2) is 12.0. The number of hydrogen-bond acceptors (Lipinski definition) is 4. The topological polar surface area (TPSA) is 69.6 Å². The number of thioether (sulfide) groups is 1. The van der Waals surface area contributed by atoms with E-state index in [1.165, 1.54) is 24.8 Å². The monoisotopic (exact) mass is 461 g/mol. The number of rotatable bonds is 6. The summed E-state index contributed by atoms with van der Waals surface area (Å²) < 4.78 is 39.4. The molecule has 2 aromatic rings. The molecule has 0 bridgehead atoms. The summed E-state index contributed by atoms with van der Waals surface area (Å²) in [5.41, 5.74) is 1.03. The van der Waals surface area contributed by atoms with Crippen LogP contribution in [0.1, 0.15) is 31.1 Å². The molecule has 30 heavy (non-hydrogen) atoms. The van der Waals surface area contributed by atoms with Gasteiger partial charge >= 0.3 is 0 Å². The van der Waals surface area contributed by atoms with Gasteiger partial charge in [0, 0.05) is 33.5 Å². The second-order valence-corrected chi connectivity index (χ2v) is 8.28. The zero-order valence-electron chi connectivity index (χ0n) is 16.7. The largest absolute Gasteiger partial charge is 0.394 e. The number of halogens is 4. The van der Waals surface area contributed by atoms with Gasteiger partial charge < -0.3 is 15.5 Å². The smallest absolute Gasteiger partial charge is 0.255 e. The van der Waals surface area contributed by atoms with E-state index < -0.39 is 29.5 Å². The van der Waals surface area contributed by atoms with Crippen molar-refractivity contribution in [1.29, 1.82) is 0 Å². The first-order chi connectivity index (χ1) is 14.0. The first-order valence-corrected chi connectivity index (χ1v) is 10.1. The van der Waals surface area contributed by atoms with Gasteiger partial charge in [0.05, 0.1) is 17.7 Å². The van der Waals surface area contributed by atoms with E-state index in [2.05, 4.69) is 11.9 Å². The van der Waals surface area contributed by atoms with E-state index in [1.54, 1.807) is 12.1 Å². The molecule has 2 unspecified atom stereocenters. The summed E-state index contributed by atoms with van der Waals surface area (Å²) in [5, 5.41) is 18.9. The highest BCUT2D eigenvalue weighted by atomic mass is 35.5. The Hall–Kier alpha value is -2.00. The van der Waals surface area contributed by atoms with Gasteiger partial charge in [-0.2, -0.15) is 0 Å². The molecule has 0 fully saturated rings. The summed E-state index contributed by atoms with van der Waals surface area (Å²) in [7, 11) is 0. The van der Waals surface area contributed by atoms with E-state index >= 15 is 0 Å². The predicted molar refractivity (Wildman–Crippen MR) is 115 cm³/mol. The molecule has 0 saturated heterocycles. The zero-order valence-corrected chi connectivity index (χ0v) is 18.3. The van der Waals surface area contributed by atoms with Gasteiger partial charge in [0.15, 0.2) is 17.5 Å². The zero-order chi connectivity index (χ0) is 23.0. The summed E-state index contributed by atoms with van der Waals surface area (Å²) in [4.78, 5) is 13.0. The van der Waals surface area contributed by atoms with Crippen molar-refractivity contribution < 1.29 is 28.2 Å². The molecule has 0 aliphatic carbocycles. The van der Waals surface area contributed by atoms with Gasteiger partial charge in [0.25, 0.3) is 5.91 Å². The van der Waals surface area contributed by atoms with Crippen LogP contribution in [0.25, 0.3) is 0 Å². The fraction of sp³-hybridized carbons (Fsp3) is 0.286. The van der Waals surface area contributed by atoms with E-state index in [1.807, 2.05) is 13.8 Å². The predicted octanol–water partition coefficient (Wildman–Crippen LogP) is 5.43. The Balaban J connectivity index is 0.000000804. The van der Waals surface area contributed by atoms with Crippen molar-refractivity contribution in [3.05, 3.63) is 70.5 Å². The Bertz CT molecular complexity index is 886. The number of aliphatic hydroxyl groups is 2. The van der Waals surface area contributed by atoms with E-state index in [9.17, 15) is 18.0 Å². The third-order valence-corrected chi connectivity index (χ3v) is 5.49. The number of carbonyl (C=O) groups is 1. The van der Waals surface area contributed by atoms with Gasteiger partial charge in [0.2, 0.25) is 0 Å². The molecule has 3 N–H and O–H groups in total. The quantitative estimate of drug-likeness (QED) is 0.305. The van der Waals surface area contributed by atoms with Gasteiger partial charge in [-0.25, -0.2) is 13.2 Å². The summed E-state index contributed by atoms with van der Waals surface area (Å²) >= 11 is 7.59. The number of hydrogen-bond donors (Lipinski definition) is 3. The fourth-order valence-corrected chi connectivity index (χ4v) is 3.07. The highest BCUT2D eigenvalue weighted by Crippen LogP contribution is 2.33. The molecule has 4 nitrogen and oxygen atoms in total. The Kier molecular flexibility index (Phi) is 10.4. The molecular weight excluding hydrogens is 439 g/mol. The van der Waals surface area contributed by atoms with Gasteiger partial charge in [-0.15, -0.1) is 11.8 Å². The number of aliphatic hydroxyl groups excluding tert-OH is 2. The third-order valence-electron chi connectivity index (χ3n) is 3.70. The molecule has 164 valence electrons. The summed E-state index contributed by atoms with van der Waals surface area (Å²) in [6.07, 6.45) is -0.560. The molecule has 0 aliphatic rings. The standard InChI is InChI=1S/C18H15ClF3NOS.C3H8O2/c1-9(2)10(3)25-16-6-11(4-5-13(16)19)18(24)23-12-7-14(20)17(22)15(21)8-12;1-3(5)2-4/h4-8,10H,1H2,2-3H3,(H,23,24);3-5H,2H2,1H3. The molecule has 0 heterocycles. The number of benzene rings is 2. The van der Waals surface area contributed by atoms with Crippen LogP contribution in [0.2, 0.25) is 5.02 Å². The maximum absolute atomic E-state index is 13.2. The van der Waals surface area contributed by atoms with Crippen molar-refractivity contribution >= 4 is 35.0 Å². The van der Waals surface area contributed by atoms with Crippen LogP contribution in [0.3, 0.4) is 0 Å². The van der Waals surface area contributed by atoms with Crippen molar-refractivity contribution in [3.63, 3.8) is 0 Å². The van der Waals surface area contributed by atoms with Crippen molar-refractivity contribution in [2.75, 3.05) is 11.9 Å². The Morgan fingerprint density at radius 3 is 2.20 bits per heavy atom. The van der Waals surface area contributed by atoms with Gasteiger partial charge in [0.1, 0.15) is 0 Å². The maximum atomic E-state index is 13.2. The van der Waals surface area contributed by atoms with E-state index in [-0.39, 0.29) is 23.1 Å². The van der Waals surface area contributed by atoms with Gasteiger partial charge in [-0.3, -0.25) is 4.79 Å². The van der Waals surface area contributed by atoms with E-state index in [0.717, 1.165) is 5.57 Å². The molecule has 0 radical (unpaired) electrons. The maximum Gasteiger partial charge on any atom is 0.255 e. The highest BCUT2D eigenvalue weighted by molar-refractivity contribution is 8.00. The molecule has 2 atom stereocenters. The number of nitrogens with one attached hydrogen (secondary N) is 1. The van der Waals surface area contributed by atoms with Crippen LogP contribution in [0.15, 0.2) is 47.4 Å². The van der Waals surface area contributed by atoms with Crippen LogP contribution in [0.4, 0.5) is 18.9 Å². The first kappa shape index (κ1) is 26.0.